The molecule has 274 valence electrons. The zero-order valence-electron chi connectivity index (χ0n) is 32.6. The summed E-state index contributed by atoms with van der Waals surface area (Å²) in [7, 11) is 0. The molecule has 0 aliphatic carbocycles. The lowest BCUT2D eigenvalue weighted by Crippen LogP contribution is -2.48. The summed E-state index contributed by atoms with van der Waals surface area (Å²) in [4.78, 5) is 0. The molecule has 0 aromatic carbocycles. The van der Waals surface area contributed by atoms with E-state index >= 15 is 0 Å². The van der Waals surface area contributed by atoms with Crippen LogP contribution >= 0.6 is 0 Å². The molecule has 0 bridgehead atoms. The van der Waals surface area contributed by atoms with Gasteiger partial charge < -0.3 is 8.97 Å². The first kappa shape index (κ1) is 42.1. The van der Waals surface area contributed by atoms with Crippen LogP contribution in [0.25, 0.3) is 0 Å². The smallest absolute Gasteiger partial charge is 0.0788 e. The van der Waals surface area contributed by atoms with Crippen molar-refractivity contribution in [2.24, 2.45) is 0 Å². The number of likely N-dealkylation sites (tertiary alicyclic amines) is 2. The van der Waals surface area contributed by atoms with Crippen LogP contribution in [0.15, 0.2) is 0 Å². The minimum absolute atomic E-state index is 1.37. The summed E-state index contributed by atoms with van der Waals surface area (Å²) >= 11 is 0. The van der Waals surface area contributed by atoms with Gasteiger partial charge in [0.25, 0.3) is 0 Å². The van der Waals surface area contributed by atoms with Crippen molar-refractivity contribution in [2.45, 2.75) is 232 Å². The quantitative estimate of drug-likeness (QED) is 0.0475. The summed E-state index contributed by atoms with van der Waals surface area (Å²) in [6.45, 7) is 16.6. The molecule has 2 fully saturated rings. The van der Waals surface area contributed by atoms with Crippen LogP contribution in [0.4, 0.5) is 0 Å². The third kappa shape index (κ3) is 21.8. The molecule has 2 saturated heterocycles. The Balaban J connectivity index is 1.45. The van der Waals surface area contributed by atoms with E-state index in [2.05, 4.69) is 13.8 Å². The minimum atomic E-state index is 1.37. The van der Waals surface area contributed by atoms with Gasteiger partial charge in [-0.3, -0.25) is 0 Å². The Labute approximate surface area is 292 Å². The number of unbranched alkanes of at least 4 members (excludes halogenated alkanes) is 27. The Morgan fingerprint density at radius 1 is 0.239 bits per heavy atom. The van der Waals surface area contributed by atoms with Crippen LogP contribution in [0.5, 0.6) is 0 Å². The highest BCUT2D eigenvalue weighted by molar-refractivity contribution is 4.60. The van der Waals surface area contributed by atoms with Gasteiger partial charge in [0.05, 0.1) is 52.4 Å². The molecule has 0 aromatic heterocycles. The van der Waals surface area contributed by atoms with Crippen molar-refractivity contribution in [3.05, 3.63) is 0 Å². The van der Waals surface area contributed by atoms with Gasteiger partial charge in [0.1, 0.15) is 0 Å². The van der Waals surface area contributed by atoms with E-state index in [1.165, 1.54) is 280 Å². The van der Waals surface area contributed by atoms with Crippen LogP contribution in [0.3, 0.4) is 0 Å². The fourth-order valence-corrected chi connectivity index (χ4v) is 9.31. The van der Waals surface area contributed by atoms with E-state index in [1.54, 1.807) is 0 Å². The highest BCUT2D eigenvalue weighted by Gasteiger charge is 2.33. The molecule has 2 aliphatic heterocycles. The second kappa shape index (κ2) is 29.8. The molecule has 46 heavy (non-hydrogen) atoms. The molecule has 2 aliphatic rings. The molecular weight excluding hydrogens is 556 g/mol. The van der Waals surface area contributed by atoms with Crippen molar-refractivity contribution in [3.8, 4) is 0 Å². The molecule has 2 heterocycles. The summed E-state index contributed by atoms with van der Waals surface area (Å²) in [5.41, 5.74) is 0. The first-order valence-corrected chi connectivity index (χ1v) is 22.4. The number of quaternary nitrogens is 2. The van der Waals surface area contributed by atoms with Crippen molar-refractivity contribution in [1.82, 2.24) is 0 Å². The monoisotopic (exact) mass is 647 g/mol. The van der Waals surface area contributed by atoms with Gasteiger partial charge in [-0.1, -0.05) is 168 Å². The number of rotatable bonds is 35. The lowest BCUT2D eigenvalue weighted by Gasteiger charge is -2.37. The summed E-state index contributed by atoms with van der Waals surface area (Å²) in [5, 5.41) is 0. The highest BCUT2D eigenvalue weighted by atomic mass is 15.4. The molecular formula is C44H90N2+2. The zero-order valence-corrected chi connectivity index (χ0v) is 32.6. The predicted molar refractivity (Wildman–Crippen MR) is 208 cm³/mol. The lowest BCUT2D eigenvalue weighted by atomic mass is 10.0. The third-order valence-electron chi connectivity index (χ3n) is 12.5. The molecule has 2 heteroatoms. The third-order valence-corrected chi connectivity index (χ3v) is 12.5. The number of nitrogens with zero attached hydrogens (tertiary/aromatic N) is 2. The van der Waals surface area contributed by atoms with Crippen molar-refractivity contribution >= 4 is 0 Å². The molecule has 0 spiro atoms. The Hall–Kier alpha value is -0.0800. The fourth-order valence-electron chi connectivity index (χ4n) is 9.31. The van der Waals surface area contributed by atoms with Crippen molar-refractivity contribution < 1.29 is 8.97 Å². The van der Waals surface area contributed by atoms with Crippen LogP contribution < -0.4 is 0 Å². The van der Waals surface area contributed by atoms with Gasteiger partial charge in [-0.25, -0.2) is 0 Å². The molecule has 0 atom stereocenters. The van der Waals surface area contributed by atoms with Gasteiger partial charge in [-0.2, -0.15) is 0 Å². The molecule has 2 rings (SSSR count). The maximum Gasteiger partial charge on any atom is 0.0788 e. The predicted octanol–water partition coefficient (Wildman–Crippen LogP) is 14.0. The van der Waals surface area contributed by atoms with E-state index in [0.29, 0.717) is 0 Å². The number of hydrogen-bond donors (Lipinski definition) is 0. The first-order chi connectivity index (χ1) is 22.7. The number of hydrogen-bond acceptors (Lipinski definition) is 0. The fraction of sp³-hybridized carbons (Fsp3) is 1.00. The molecule has 2 nitrogen and oxygen atoms in total. The standard InChI is InChI=1S/C44H90N2/c1-3-5-7-9-11-13-15-17-19-21-23-25-27-29-37-45(39-31-32-40-45)43-35-36-44-46(41-33-34-42-46)38-30-28-26-24-22-20-18-16-14-12-10-8-6-4-2/h3-44H2,1-2H3/q+2. The van der Waals surface area contributed by atoms with E-state index in [4.69, 9.17) is 0 Å². The van der Waals surface area contributed by atoms with Crippen molar-refractivity contribution in [2.75, 3.05) is 52.4 Å². The highest BCUT2D eigenvalue weighted by Crippen LogP contribution is 2.26. The van der Waals surface area contributed by atoms with E-state index in [1.807, 2.05) is 0 Å². The summed E-state index contributed by atoms with van der Waals surface area (Å²) < 4.78 is 2.99. The topological polar surface area (TPSA) is 0 Å². The van der Waals surface area contributed by atoms with Crippen LogP contribution in [0.2, 0.25) is 0 Å². The summed E-state index contributed by atoms with van der Waals surface area (Å²) in [6.07, 6.45) is 50.4. The molecule has 0 aromatic rings. The van der Waals surface area contributed by atoms with Gasteiger partial charge in [0.15, 0.2) is 0 Å². The van der Waals surface area contributed by atoms with Crippen LogP contribution in [-0.2, 0) is 0 Å². The largest absolute Gasteiger partial charge is 0.324 e. The Morgan fingerprint density at radius 2 is 0.413 bits per heavy atom. The molecule has 0 N–H and O–H groups in total. The normalized spacial score (nSPS) is 17.3. The van der Waals surface area contributed by atoms with Gasteiger partial charge >= 0.3 is 0 Å². The van der Waals surface area contributed by atoms with E-state index in [9.17, 15) is 0 Å². The van der Waals surface area contributed by atoms with Crippen molar-refractivity contribution in [1.29, 1.82) is 0 Å². The molecule has 0 radical (unpaired) electrons. The maximum atomic E-state index is 2.32. The van der Waals surface area contributed by atoms with Gasteiger partial charge in [-0.15, -0.1) is 0 Å². The molecule has 0 unspecified atom stereocenters. The first-order valence-electron chi connectivity index (χ1n) is 22.4. The van der Waals surface area contributed by atoms with E-state index in [-0.39, 0.29) is 0 Å². The van der Waals surface area contributed by atoms with Gasteiger partial charge in [0, 0.05) is 38.5 Å². The Kier molecular flexibility index (Phi) is 27.3. The molecule has 0 amide bonds. The van der Waals surface area contributed by atoms with Gasteiger partial charge in [-0.05, 0) is 25.7 Å². The van der Waals surface area contributed by atoms with Crippen LogP contribution in [0.1, 0.15) is 232 Å². The Bertz CT molecular complexity index is 563. The average Bonchev–Trinajstić information content (AvgIpc) is 3.74. The summed E-state index contributed by atoms with van der Waals surface area (Å²) in [6, 6.07) is 0. The van der Waals surface area contributed by atoms with Crippen LogP contribution in [-0.4, -0.2) is 61.3 Å². The maximum absolute atomic E-state index is 2.32. The zero-order chi connectivity index (χ0) is 32.7. The second-order valence-electron chi connectivity index (χ2n) is 16.8. The van der Waals surface area contributed by atoms with E-state index < -0.39 is 0 Å². The lowest BCUT2D eigenvalue weighted by molar-refractivity contribution is -0.923. The second-order valence-corrected chi connectivity index (χ2v) is 16.8. The van der Waals surface area contributed by atoms with Gasteiger partial charge in [0.2, 0.25) is 0 Å². The summed E-state index contributed by atoms with van der Waals surface area (Å²) in [5.74, 6) is 0. The van der Waals surface area contributed by atoms with E-state index in [0.717, 1.165) is 0 Å². The average molecular weight is 647 g/mol. The molecule has 0 saturated carbocycles. The minimum Gasteiger partial charge on any atom is -0.324 e. The van der Waals surface area contributed by atoms with Crippen molar-refractivity contribution in [3.63, 3.8) is 0 Å². The van der Waals surface area contributed by atoms with Crippen LogP contribution in [0, 0.1) is 0 Å². The SMILES string of the molecule is CCCCCCCCCCCCCCCC[N+]1(CCCC[N+]2(CCCCCCCCCCCCCCCC)CCCC2)CCCC1. The Morgan fingerprint density at radius 3 is 0.630 bits per heavy atom.